The van der Waals surface area contributed by atoms with Crippen molar-refractivity contribution in [3.8, 4) is 0 Å². The molecule has 78 valence electrons. The van der Waals surface area contributed by atoms with Gasteiger partial charge in [-0.25, -0.2) is 0 Å². The van der Waals surface area contributed by atoms with E-state index < -0.39 is 0 Å². The molecule has 0 aliphatic heterocycles. The van der Waals surface area contributed by atoms with E-state index in [2.05, 4.69) is 56.3 Å². The molecule has 0 radical (unpaired) electrons. The maximum atomic E-state index is 3.99. The van der Waals surface area contributed by atoms with Gasteiger partial charge in [-0.05, 0) is 47.7 Å². The molecule has 0 spiro atoms. The summed E-state index contributed by atoms with van der Waals surface area (Å²) in [7, 11) is 0. The smallest absolute Gasteiger partial charge is 0.0539 e. The van der Waals surface area contributed by atoms with Gasteiger partial charge in [0.2, 0.25) is 0 Å². The molecule has 4 heteroatoms. The monoisotopic (exact) mass is 313 g/mol. The predicted molar refractivity (Wildman–Crippen MR) is 69.8 cm³/mol. The number of hydrogen-bond acceptors (Lipinski definition) is 2. The normalized spacial score (nSPS) is 10.3. The molecule has 0 aliphatic carbocycles. The summed E-state index contributed by atoms with van der Waals surface area (Å²) in [5.74, 6) is 0. The molecule has 0 saturated heterocycles. The van der Waals surface area contributed by atoms with Crippen molar-refractivity contribution in [3.63, 3.8) is 0 Å². The second-order valence-corrected chi connectivity index (χ2v) is 4.63. The standard InChI is InChI=1S/C11H12IN3/c1-8-9(7-14-15-8)6-13-11-4-2-3-10(12)5-11/h2-5,7,13H,6H2,1H3,(H,14,15). The number of aryl methyl sites for hydroxylation is 1. The third-order valence-corrected chi connectivity index (χ3v) is 2.91. The highest BCUT2D eigenvalue weighted by atomic mass is 127. The van der Waals surface area contributed by atoms with E-state index in [0.717, 1.165) is 17.9 Å². The van der Waals surface area contributed by atoms with Gasteiger partial charge in [0.25, 0.3) is 0 Å². The topological polar surface area (TPSA) is 40.7 Å². The van der Waals surface area contributed by atoms with Crippen LogP contribution in [0.2, 0.25) is 0 Å². The number of halogens is 1. The van der Waals surface area contributed by atoms with Crippen LogP contribution in [0.25, 0.3) is 0 Å². The summed E-state index contributed by atoms with van der Waals surface area (Å²) in [4.78, 5) is 0. The van der Waals surface area contributed by atoms with Crippen LogP contribution in [-0.2, 0) is 6.54 Å². The highest BCUT2D eigenvalue weighted by Crippen LogP contribution is 2.14. The molecule has 0 unspecified atom stereocenters. The second kappa shape index (κ2) is 4.65. The Balaban J connectivity index is 2.02. The quantitative estimate of drug-likeness (QED) is 0.856. The first-order chi connectivity index (χ1) is 7.25. The molecule has 0 fully saturated rings. The summed E-state index contributed by atoms with van der Waals surface area (Å²) >= 11 is 2.31. The van der Waals surface area contributed by atoms with E-state index in [-0.39, 0.29) is 0 Å². The molecule has 1 heterocycles. The lowest BCUT2D eigenvalue weighted by Crippen LogP contribution is -1.99. The number of aromatic amines is 1. The third-order valence-electron chi connectivity index (χ3n) is 2.24. The summed E-state index contributed by atoms with van der Waals surface area (Å²) in [5.41, 5.74) is 3.46. The molecule has 0 atom stereocenters. The van der Waals surface area contributed by atoms with Gasteiger partial charge < -0.3 is 5.32 Å². The van der Waals surface area contributed by atoms with Crippen LogP contribution in [0.3, 0.4) is 0 Å². The first-order valence-corrected chi connectivity index (χ1v) is 5.82. The van der Waals surface area contributed by atoms with Gasteiger partial charge in [0, 0.05) is 27.1 Å². The Bertz CT molecular complexity index is 451. The molecule has 0 saturated carbocycles. The zero-order chi connectivity index (χ0) is 10.7. The zero-order valence-corrected chi connectivity index (χ0v) is 10.6. The van der Waals surface area contributed by atoms with Crippen molar-refractivity contribution in [2.75, 3.05) is 5.32 Å². The molecule has 3 nitrogen and oxygen atoms in total. The van der Waals surface area contributed by atoms with Crippen molar-refractivity contribution in [2.45, 2.75) is 13.5 Å². The van der Waals surface area contributed by atoms with Gasteiger partial charge in [0.05, 0.1) is 6.20 Å². The van der Waals surface area contributed by atoms with Gasteiger partial charge in [-0.2, -0.15) is 5.10 Å². The number of nitrogens with zero attached hydrogens (tertiary/aromatic N) is 1. The van der Waals surface area contributed by atoms with Crippen LogP contribution in [0.5, 0.6) is 0 Å². The predicted octanol–water partition coefficient (Wildman–Crippen LogP) is 2.93. The SMILES string of the molecule is Cc1[nH]ncc1CNc1cccc(I)c1. The molecule has 2 aromatic rings. The first kappa shape index (κ1) is 10.5. The lowest BCUT2D eigenvalue weighted by atomic mass is 10.2. The van der Waals surface area contributed by atoms with Crippen molar-refractivity contribution in [1.82, 2.24) is 10.2 Å². The van der Waals surface area contributed by atoms with E-state index in [9.17, 15) is 0 Å². The Kier molecular flexibility index (Phi) is 3.25. The molecule has 0 bridgehead atoms. The molecular weight excluding hydrogens is 301 g/mol. The van der Waals surface area contributed by atoms with Crippen LogP contribution in [0, 0.1) is 10.5 Å². The highest BCUT2D eigenvalue weighted by Gasteiger charge is 1.99. The molecule has 15 heavy (non-hydrogen) atoms. The van der Waals surface area contributed by atoms with E-state index >= 15 is 0 Å². The maximum Gasteiger partial charge on any atom is 0.0539 e. The Labute approximate surface area is 102 Å². The lowest BCUT2D eigenvalue weighted by Gasteiger charge is -2.05. The van der Waals surface area contributed by atoms with Crippen LogP contribution in [-0.4, -0.2) is 10.2 Å². The largest absolute Gasteiger partial charge is 0.381 e. The van der Waals surface area contributed by atoms with Gasteiger partial charge in [-0.3, -0.25) is 5.10 Å². The van der Waals surface area contributed by atoms with Crippen LogP contribution in [0.4, 0.5) is 5.69 Å². The minimum Gasteiger partial charge on any atom is -0.381 e. The first-order valence-electron chi connectivity index (χ1n) is 4.74. The molecule has 1 aromatic carbocycles. The van der Waals surface area contributed by atoms with E-state index in [4.69, 9.17) is 0 Å². The maximum absolute atomic E-state index is 3.99. The molecule has 1 aromatic heterocycles. The Morgan fingerprint density at radius 3 is 3.00 bits per heavy atom. The third kappa shape index (κ3) is 2.71. The van der Waals surface area contributed by atoms with Gasteiger partial charge in [0.15, 0.2) is 0 Å². The summed E-state index contributed by atoms with van der Waals surface area (Å²) in [6.45, 7) is 2.83. The highest BCUT2D eigenvalue weighted by molar-refractivity contribution is 14.1. The Hall–Kier alpha value is -1.04. The summed E-state index contributed by atoms with van der Waals surface area (Å²) in [6, 6.07) is 8.31. The van der Waals surface area contributed by atoms with Gasteiger partial charge in [-0.15, -0.1) is 0 Å². The average molecular weight is 313 g/mol. The van der Waals surface area contributed by atoms with Crippen LogP contribution in [0.1, 0.15) is 11.3 Å². The Morgan fingerprint density at radius 1 is 1.47 bits per heavy atom. The van der Waals surface area contributed by atoms with Crippen molar-refractivity contribution in [2.24, 2.45) is 0 Å². The molecular formula is C11H12IN3. The van der Waals surface area contributed by atoms with E-state index in [1.165, 1.54) is 9.13 Å². The van der Waals surface area contributed by atoms with E-state index in [1.54, 1.807) is 0 Å². The Morgan fingerprint density at radius 2 is 2.33 bits per heavy atom. The van der Waals surface area contributed by atoms with Crippen LogP contribution >= 0.6 is 22.6 Å². The minimum absolute atomic E-state index is 0.808. The van der Waals surface area contributed by atoms with Gasteiger partial charge in [-0.1, -0.05) is 6.07 Å². The lowest BCUT2D eigenvalue weighted by molar-refractivity contribution is 1.04. The number of benzene rings is 1. The van der Waals surface area contributed by atoms with Crippen LogP contribution in [0.15, 0.2) is 30.5 Å². The summed E-state index contributed by atoms with van der Waals surface area (Å²) < 4.78 is 1.24. The van der Waals surface area contributed by atoms with Crippen LogP contribution < -0.4 is 5.32 Å². The number of H-pyrrole nitrogens is 1. The fraction of sp³-hybridized carbons (Fsp3) is 0.182. The average Bonchev–Trinajstić information content (AvgIpc) is 2.61. The number of nitrogens with one attached hydrogen (secondary N) is 2. The van der Waals surface area contributed by atoms with Crippen molar-refractivity contribution < 1.29 is 0 Å². The minimum atomic E-state index is 0.808. The molecule has 2 N–H and O–H groups in total. The fourth-order valence-electron chi connectivity index (χ4n) is 1.35. The zero-order valence-electron chi connectivity index (χ0n) is 8.42. The number of hydrogen-bond donors (Lipinski definition) is 2. The summed E-state index contributed by atoms with van der Waals surface area (Å²) in [6.07, 6.45) is 1.86. The van der Waals surface area contributed by atoms with Gasteiger partial charge >= 0.3 is 0 Å². The van der Waals surface area contributed by atoms with Crippen molar-refractivity contribution in [3.05, 3.63) is 45.3 Å². The summed E-state index contributed by atoms with van der Waals surface area (Å²) in [5, 5.41) is 10.3. The fourth-order valence-corrected chi connectivity index (χ4v) is 1.89. The van der Waals surface area contributed by atoms with Crippen molar-refractivity contribution in [1.29, 1.82) is 0 Å². The van der Waals surface area contributed by atoms with Gasteiger partial charge in [0.1, 0.15) is 0 Å². The molecule has 0 aliphatic rings. The van der Waals surface area contributed by atoms with E-state index in [0.29, 0.717) is 0 Å². The molecule has 0 amide bonds. The van der Waals surface area contributed by atoms with Crippen molar-refractivity contribution >= 4 is 28.3 Å². The van der Waals surface area contributed by atoms with E-state index in [1.807, 2.05) is 19.2 Å². The molecule has 2 rings (SSSR count). The second-order valence-electron chi connectivity index (χ2n) is 3.38. The number of aromatic nitrogens is 2. The number of anilines is 1. The number of rotatable bonds is 3.